The van der Waals surface area contributed by atoms with Crippen LogP contribution in [0.1, 0.15) is 0 Å². The molecule has 0 bridgehead atoms. The van der Waals surface area contributed by atoms with Crippen molar-refractivity contribution in [3.05, 3.63) is 72.5 Å². The van der Waals surface area contributed by atoms with Gasteiger partial charge in [-0.1, -0.05) is 30.3 Å². The van der Waals surface area contributed by atoms with Gasteiger partial charge < -0.3 is 10.3 Å². The highest BCUT2D eigenvalue weighted by Crippen LogP contribution is 2.33. The van der Waals surface area contributed by atoms with Gasteiger partial charge >= 0.3 is 0 Å². The van der Waals surface area contributed by atoms with E-state index in [1.54, 1.807) is 6.07 Å². The van der Waals surface area contributed by atoms with E-state index in [2.05, 4.69) is 0 Å². The van der Waals surface area contributed by atoms with Crippen LogP contribution in [-0.2, 0) is 0 Å². The third kappa shape index (κ3) is 1.71. The summed E-state index contributed by atoms with van der Waals surface area (Å²) in [4.78, 5) is 0. The molecule has 0 aliphatic carbocycles. The van der Waals surface area contributed by atoms with Crippen LogP contribution in [0.25, 0.3) is 27.5 Å². The average molecular weight is 276 g/mol. The predicted octanol–water partition coefficient (Wildman–Crippen LogP) is 4.51. The maximum absolute atomic E-state index is 14.3. The Bertz CT molecular complexity index is 969. The Morgan fingerprint density at radius 3 is 2.43 bits per heavy atom. The molecule has 0 aliphatic heterocycles. The molecular formula is C18H13FN2. The summed E-state index contributed by atoms with van der Waals surface area (Å²) in [6.07, 6.45) is 0. The summed E-state index contributed by atoms with van der Waals surface area (Å²) < 4.78 is 16.3. The number of hydrogen-bond acceptors (Lipinski definition) is 1. The van der Waals surface area contributed by atoms with Crippen molar-refractivity contribution in [1.82, 2.24) is 4.57 Å². The van der Waals surface area contributed by atoms with E-state index in [0.29, 0.717) is 11.1 Å². The van der Waals surface area contributed by atoms with Crippen molar-refractivity contribution in [3.63, 3.8) is 0 Å². The Kier molecular flexibility index (Phi) is 2.48. The first-order valence-corrected chi connectivity index (χ1v) is 6.79. The number of nitrogens with zero attached hydrogens (tertiary/aromatic N) is 1. The molecule has 1 aromatic heterocycles. The van der Waals surface area contributed by atoms with Gasteiger partial charge in [0.25, 0.3) is 0 Å². The first kappa shape index (κ1) is 12.0. The van der Waals surface area contributed by atoms with Gasteiger partial charge in [0.05, 0.1) is 11.0 Å². The molecule has 0 unspecified atom stereocenters. The fourth-order valence-corrected chi connectivity index (χ4v) is 2.92. The van der Waals surface area contributed by atoms with Crippen LogP contribution in [0.2, 0.25) is 0 Å². The number of anilines is 1. The first-order valence-electron chi connectivity index (χ1n) is 6.79. The van der Waals surface area contributed by atoms with Gasteiger partial charge in [0.15, 0.2) is 0 Å². The number of hydrogen-bond donors (Lipinski definition) is 1. The van der Waals surface area contributed by atoms with Crippen LogP contribution in [0.3, 0.4) is 0 Å². The fourth-order valence-electron chi connectivity index (χ4n) is 2.92. The lowest BCUT2D eigenvalue weighted by molar-refractivity contribution is 0.640. The van der Waals surface area contributed by atoms with Crippen molar-refractivity contribution >= 4 is 27.5 Å². The Morgan fingerprint density at radius 1 is 0.810 bits per heavy atom. The zero-order valence-electron chi connectivity index (χ0n) is 11.3. The number of nitrogens with two attached hydrogens (primary N) is 1. The van der Waals surface area contributed by atoms with E-state index >= 15 is 0 Å². The second-order valence-electron chi connectivity index (χ2n) is 5.08. The average Bonchev–Trinajstić information content (AvgIpc) is 2.83. The Morgan fingerprint density at radius 2 is 1.57 bits per heavy atom. The van der Waals surface area contributed by atoms with E-state index < -0.39 is 0 Å². The van der Waals surface area contributed by atoms with Crippen molar-refractivity contribution in [2.45, 2.75) is 0 Å². The third-order valence-corrected chi connectivity index (χ3v) is 3.78. The van der Waals surface area contributed by atoms with Crippen molar-refractivity contribution in [3.8, 4) is 5.69 Å². The highest BCUT2D eigenvalue weighted by molar-refractivity contribution is 6.09. The summed E-state index contributed by atoms with van der Waals surface area (Å²) >= 11 is 0. The summed E-state index contributed by atoms with van der Waals surface area (Å²) in [6.45, 7) is 0. The van der Waals surface area contributed by atoms with Crippen LogP contribution in [0.5, 0.6) is 0 Å². The van der Waals surface area contributed by atoms with Gasteiger partial charge in [-0.15, -0.1) is 0 Å². The minimum absolute atomic E-state index is 0.202. The van der Waals surface area contributed by atoms with Gasteiger partial charge in [-0.3, -0.25) is 0 Å². The van der Waals surface area contributed by atoms with Crippen LogP contribution in [0, 0.1) is 5.82 Å². The molecule has 0 fully saturated rings. The van der Waals surface area contributed by atoms with E-state index in [1.165, 1.54) is 6.07 Å². The summed E-state index contributed by atoms with van der Waals surface area (Å²) in [5, 5.41) is 1.56. The Balaban J connectivity index is 2.23. The van der Waals surface area contributed by atoms with Gasteiger partial charge in [0, 0.05) is 22.1 Å². The Hall–Kier alpha value is -2.81. The standard InChI is InChI=1S/C18H13FN2/c19-15-8-4-10-17-18(15)14-7-1-2-9-16(14)21(17)13-6-3-5-12(20)11-13/h1-11H,20H2. The van der Waals surface area contributed by atoms with E-state index in [9.17, 15) is 4.39 Å². The molecule has 3 heteroatoms. The molecule has 4 aromatic rings. The molecule has 0 atom stereocenters. The number of nitrogen functional groups attached to an aromatic ring is 1. The molecule has 3 aromatic carbocycles. The summed E-state index contributed by atoms with van der Waals surface area (Å²) in [6, 6.07) is 20.6. The molecule has 4 rings (SSSR count). The maximum atomic E-state index is 14.3. The van der Waals surface area contributed by atoms with E-state index in [1.807, 2.05) is 59.2 Å². The van der Waals surface area contributed by atoms with E-state index in [-0.39, 0.29) is 5.82 Å². The van der Waals surface area contributed by atoms with Crippen molar-refractivity contribution in [1.29, 1.82) is 0 Å². The van der Waals surface area contributed by atoms with Crippen LogP contribution in [-0.4, -0.2) is 4.57 Å². The quantitative estimate of drug-likeness (QED) is 0.510. The second-order valence-corrected chi connectivity index (χ2v) is 5.08. The molecule has 0 spiro atoms. The number of rotatable bonds is 1. The number of halogens is 1. The molecule has 1 heterocycles. The lowest BCUT2D eigenvalue weighted by Crippen LogP contribution is -1.95. The van der Waals surface area contributed by atoms with Gasteiger partial charge in [-0.25, -0.2) is 4.39 Å². The fraction of sp³-hybridized carbons (Fsp3) is 0. The number of fused-ring (bicyclic) bond motifs is 3. The van der Waals surface area contributed by atoms with Crippen molar-refractivity contribution < 1.29 is 4.39 Å². The summed E-state index contributed by atoms with van der Waals surface area (Å²) in [7, 11) is 0. The monoisotopic (exact) mass is 276 g/mol. The maximum Gasteiger partial charge on any atom is 0.133 e. The topological polar surface area (TPSA) is 30.9 Å². The highest BCUT2D eigenvalue weighted by atomic mass is 19.1. The summed E-state index contributed by atoms with van der Waals surface area (Å²) in [5.41, 5.74) is 9.35. The SMILES string of the molecule is Nc1cccc(-n2c3ccccc3c3c(F)cccc32)c1. The van der Waals surface area contributed by atoms with Crippen molar-refractivity contribution in [2.24, 2.45) is 0 Å². The molecule has 0 saturated heterocycles. The van der Waals surface area contributed by atoms with Gasteiger partial charge in [0.1, 0.15) is 5.82 Å². The normalized spacial score (nSPS) is 11.3. The van der Waals surface area contributed by atoms with Crippen LogP contribution < -0.4 is 5.73 Å². The molecule has 2 N–H and O–H groups in total. The predicted molar refractivity (Wildman–Crippen MR) is 85.2 cm³/mol. The molecule has 0 saturated carbocycles. The number of para-hydroxylation sites is 1. The zero-order chi connectivity index (χ0) is 14.4. The summed E-state index contributed by atoms with van der Waals surface area (Å²) in [5.74, 6) is -0.202. The molecule has 0 amide bonds. The smallest absolute Gasteiger partial charge is 0.133 e. The largest absolute Gasteiger partial charge is 0.399 e. The van der Waals surface area contributed by atoms with Crippen molar-refractivity contribution in [2.75, 3.05) is 5.73 Å². The molecular weight excluding hydrogens is 263 g/mol. The minimum Gasteiger partial charge on any atom is -0.399 e. The second kappa shape index (κ2) is 4.35. The van der Waals surface area contributed by atoms with E-state index in [4.69, 9.17) is 5.73 Å². The first-order chi connectivity index (χ1) is 10.3. The van der Waals surface area contributed by atoms with Crippen LogP contribution in [0.15, 0.2) is 66.7 Å². The number of aromatic nitrogens is 1. The lowest BCUT2D eigenvalue weighted by Gasteiger charge is -2.08. The molecule has 2 nitrogen and oxygen atoms in total. The number of benzene rings is 3. The molecule has 0 radical (unpaired) electrons. The minimum atomic E-state index is -0.202. The third-order valence-electron chi connectivity index (χ3n) is 3.78. The molecule has 21 heavy (non-hydrogen) atoms. The highest BCUT2D eigenvalue weighted by Gasteiger charge is 2.14. The van der Waals surface area contributed by atoms with Gasteiger partial charge in [-0.2, -0.15) is 0 Å². The zero-order valence-corrected chi connectivity index (χ0v) is 11.3. The van der Waals surface area contributed by atoms with E-state index in [0.717, 1.165) is 22.1 Å². The Labute approximate surface area is 121 Å². The van der Waals surface area contributed by atoms with Crippen LogP contribution in [0.4, 0.5) is 10.1 Å². The molecule has 102 valence electrons. The van der Waals surface area contributed by atoms with Crippen LogP contribution >= 0.6 is 0 Å². The van der Waals surface area contributed by atoms with Gasteiger partial charge in [0.2, 0.25) is 0 Å². The van der Waals surface area contributed by atoms with Gasteiger partial charge in [-0.05, 0) is 36.4 Å². The molecule has 0 aliphatic rings. The lowest BCUT2D eigenvalue weighted by atomic mass is 10.1.